The van der Waals surface area contributed by atoms with Crippen molar-refractivity contribution in [2.24, 2.45) is 5.73 Å². The lowest BCUT2D eigenvalue weighted by molar-refractivity contribution is -0.137. The van der Waals surface area contributed by atoms with Gasteiger partial charge in [-0.25, -0.2) is 0 Å². The molecule has 0 aromatic carbocycles. The van der Waals surface area contributed by atoms with E-state index in [2.05, 4.69) is 10.6 Å². The number of carbonyl (C=O) groups is 4. The summed E-state index contributed by atoms with van der Waals surface area (Å²) in [4.78, 5) is 44.6. The van der Waals surface area contributed by atoms with E-state index >= 15 is 0 Å². The van der Waals surface area contributed by atoms with Crippen LogP contribution < -0.4 is 16.4 Å². The van der Waals surface area contributed by atoms with E-state index < -0.39 is 24.0 Å². The van der Waals surface area contributed by atoms with Crippen molar-refractivity contribution in [3.8, 4) is 0 Å². The predicted molar refractivity (Wildman–Crippen MR) is 75.6 cm³/mol. The van der Waals surface area contributed by atoms with E-state index in [1.165, 1.54) is 6.92 Å². The Hall–Kier alpha value is -1.80. The molecule has 0 rings (SSSR count). The van der Waals surface area contributed by atoms with Gasteiger partial charge in [-0.15, -0.1) is 0 Å². The van der Waals surface area contributed by atoms with Gasteiger partial charge in [-0.2, -0.15) is 0 Å². The van der Waals surface area contributed by atoms with E-state index in [0.29, 0.717) is 0 Å². The van der Waals surface area contributed by atoms with Gasteiger partial charge < -0.3 is 21.5 Å². The normalized spacial score (nSPS) is 13.4. The largest absolute Gasteiger partial charge is 0.481 e. The summed E-state index contributed by atoms with van der Waals surface area (Å²) >= 11 is 0. The van der Waals surface area contributed by atoms with E-state index in [4.69, 9.17) is 10.8 Å². The van der Waals surface area contributed by atoms with Crippen LogP contribution in [0.15, 0.2) is 0 Å². The number of ketones is 2. The number of rotatable bonds is 12. The SMILES string of the molecule is CN[C@@H](CCC(=O)O)C(=O)CN[C@@H](CCC(N)=O)C(C)=O. The van der Waals surface area contributed by atoms with Crippen LogP contribution in [0.2, 0.25) is 0 Å². The number of carbonyl (C=O) groups excluding carboxylic acids is 3. The molecule has 0 aromatic rings. The first-order valence-corrected chi connectivity index (χ1v) is 6.71. The van der Waals surface area contributed by atoms with Crippen molar-refractivity contribution in [1.29, 1.82) is 0 Å². The monoisotopic (exact) mass is 301 g/mol. The highest BCUT2D eigenvalue weighted by molar-refractivity contribution is 5.88. The molecule has 0 radical (unpaired) electrons. The third-order valence-corrected chi connectivity index (χ3v) is 3.08. The average molecular weight is 301 g/mol. The van der Waals surface area contributed by atoms with Crippen LogP contribution in [-0.4, -0.2) is 54.2 Å². The Kier molecular flexibility index (Phi) is 9.15. The Labute approximate surface area is 123 Å². The van der Waals surface area contributed by atoms with Crippen LogP contribution in [-0.2, 0) is 19.2 Å². The number of nitrogens with two attached hydrogens (primary N) is 1. The second-order valence-corrected chi connectivity index (χ2v) is 4.79. The maximum absolute atomic E-state index is 11.9. The molecule has 0 fully saturated rings. The molecule has 21 heavy (non-hydrogen) atoms. The summed E-state index contributed by atoms with van der Waals surface area (Å²) < 4.78 is 0. The Morgan fingerprint density at radius 1 is 1.10 bits per heavy atom. The molecule has 5 N–H and O–H groups in total. The summed E-state index contributed by atoms with van der Waals surface area (Å²) in [5.74, 6) is -1.90. The van der Waals surface area contributed by atoms with Gasteiger partial charge in [0.1, 0.15) is 5.78 Å². The summed E-state index contributed by atoms with van der Waals surface area (Å²) in [6.45, 7) is 1.29. The molecule has 8 heteroatoms. The van der Waals surface area contributed by atoms with Crippen LogP contribution >= 0.6 is 0 Å². The van der Waals surface area contributed by atoms with Gasteiger partial charge in [0.2, 0.25) is 5.91 Å². The molecule has 0 aliphatic heterocycles. The van der Waals surface area contributed by atoms with Gasteiger partial charge in [0, 0.05) is 12.8 Å². The lowest BCUT2D eigenvalue weighted by Gasteiger charge is -2.18. The van der Waals surface area contributed by atoms with Crippen LogP contribution in [0.25, 0.3) is 0 Å². The van der Waals surface area contributed by atoms with Crippen LogP contribution in [0.5, 0.6) is 0 Å². The number of hydrogen-bond donors (Lipinski definition) is 4. The second kappa shape index (κ2) is 10.0. The van der Waals surface area contributed by atoms with E-state index in [-0.39, 0.29) is 43.8 Å². The maximum Gasteiger partial charge on any atom is 0.303 e. The molecular formula is C13H23N3O5. The molecule has 0 heterocycles. The quantitative estimate of drug-likeness (QED) is 0.356. The zero-order chi connectivity index (χ0) is 16.4. The van der Waals surface area contributed by atoms with Gasteiger partial charge in [-0.05, 0) is 26.8 Å². The van der Waals surface area contributed by atoms with Gasteiger partial charge >= 0.3 is 5.97 Å². The maximum atomic E-state index is 11.9. The number of Topliss-reactive ketones (excluding diaryl/α,β-unsaturated/α-hetero) is 2. The Balaban J connectivity index is 4.35. The number of hydrogen-bond acceptors (Lipinski definition) is 6. The van der Waals surface area contributed by atoms with E-state index in [1.807, 2.05) is 0 Å². The Morgan fingerprint density at radius 3 is 2.10 bits per heavy atom. The topological polar surface area (TPSA) is 139 Å². The van der Waals surface area contributed by atoms with Crippen LogP contribution in [0.4, 0.5) is 0 Å². The number of carboxylic acids is 1. The number of likely N-dealkylation sites (N-methyl/N-ethyl adjacent to an activating group) is 1. The van der Waals surface area contributed by atoms with Gasteiger partial charge in [0.25, 0.3) is 0 Å². The van der Waals surface area contributed by atoms with E-state index in [9.17, 15) is 19.2 Å². The molecule has 0 saturated heterocycles. The Morgan fingerprint density at radius 2 is 1.67 bits per heavy atom. The summed E-state index contributed by atoms with van der Waals surface area (Å²) in [6, 6.07) is -1.20. The third kappa shape index (κ3) is 8.87. The van der Waals surface area contributed by atoms with Crippen molar-refractivity contribution < 1.29 is 24.3 Å². The van der Waals surface area contributed by atoms with Gasteiger partial charge in [-0.1, -0.05) is 0 Å². The summed E-state index contributed by atoms with van der Waals surface area (Å²) in [6.07, 6.45) is 0.352. The number of amides is 1. The zero-order valence-electron chi connectivity index (χ0n) is 12.3. The Bertz CT molecular complexity index is 397. The van der Waals surface area contributed by atoms with Crippen molar-refractivity contribution >= 4 is 23.4 Å². The standard InChI is InChI=1S/C13H23N3O5/c1-8(17)9(3-5-12(14)19)16-7-11(18)10(15-2)4-6-13(20)21/h9-10,15-16H,3-7H2,1-2H3,(H2,14,19)(H,20,21)/t9-,10-/m0/s1. The highest BCUT2D eigenvalue weighted by Gasteiger charge is 2.20. The summed E-state index contributed by atoms with van der Waals surface area (Å²) in [5.41, 5.74) is 5.02. The highest BCUT2D eigenvalue weighted by Crippen LogP contribution is 2.01. The zero-order valence-corrected chi connectivity index (χ0v) is 12.3. The molecular weight excluding hydrogens is 278 g/mol. The lowest BCUT2D eigenvalue weighted by Crippen LogP contribution is -2.45. The second-order valence-electron chi connectivity index (χ2n) is 4.79. The smallest absolute Gasteiger partial charge is 0.303 e. The fraction of sp³-hybridized carbons (Fsp3) is 0.692. The molecule has 2 atom stereocenters. The van der Waals surface area contributed by atoms with Crippen LogP contribution in [0.3, 0.4) is 0 Å². The molecule has 0 saturated carbocycles. The fourth-order valence-corrected chi connectivity index (χ4v) is 1.82. The van der Waals surface area contributed by atoms with Crippen LogP contribution in [0, 0.1) is 0 Å². The predicted octanol–water partition coefficient (Wildman–Crippen LogP) is -1.18. The van der Waals surface area contributed by atoms with Crippen molar-refractivity contribution in [2.45, 2.75) is 44.7 Å². The molecule has 120 valence electrons. The number of aliphatic carboxylic acids is 1. The molecule has 0 aromatic heterocycles. The summed E-state index contributed by atoms with van der Waals surface area (Å²) in [5, 5.41) is 14.1. The van der Waals surface area contributed by atoms with Crippen LogP contribution in [0.1, 0.15) is 32.6 Å². The molecule has 0 aliphatic rings. The fourth-order valence-electron chi connectivity index (χ4n) is 1.82. The first-order valence-electron chi connectivity index (χ1n) is 6.71. The number of carboxylic acid groups (broad SMARTS) is 1. The van der Waals surface area contributed by atoms with E-state index in [1.54, 1.807) is 7.05 Å². The molecule has 0 unspecified atom stereocenters. The average Bonchev–Trinajstić information content (AvgIpc) is 2.38. The minimum absolute atomic E-state index is 0.0555. The molecule has 0 spiro atoms. The van der Waals surface area contributed by atoms with Crippen molar-refractivity contribution in [3.63, 3.8) is 0 Å². The van der Waals surface area contributed by atoms with Crippen molar-refractivity contribution in [2.75, 3.05) is 13.6 Å². The molecule has 8 nitrogen and oxygen atoms in total. The number of nitrogens with one attached hydrogen (secondary N) is 2. The summed E-state index contributed by atoms with van der Waals surface area (Å²) in [7, 11) is 1.57. The number of primary amides is 1. The minimum atomic E-state index is -0.973. The molecule has 1 amide bonds. The highest BCUT2D eigenvalue weighted by atomic mass is 16.4. The van der Waals surface area contributed by atoms with Gasteiger partial charge in [-0.3, -0.25) is 19.2 Å². The minimum Gasteiger partial charge on any atom is -0.481 e. The first-order chi connectivity index (χ1) is 9.77. The first kappa shape index (κ1) is 19.2. The third-order valence-electron chi connectivity index (χ3n) is 3.08. The van der Waals surface area contributed by atoms with Crippen molar-refractivity contribution in [3.05, 3.63) is 0 Å². The van der Waals surface area contributed by atoms with Crippen molar-refractivity contribution in [1.82, 2.24) is 10.6 Å². The molecule has 0 aliphatic carbocycles. The molecule has 0 bridgehead atoms. The van der Waals surface area contributed by atoms with Gasteiger partial charge in [0.15, 0.2) is 5.78 Å². The lowest BCUT2D eigenvalue weighted by atomic mass is 10.0. The van der Waals surface area contributed by atoms with Gasteiger partial charge in [0.05, 0.1) is 18.6 Å². The van der Waals surface area contributed by atoms with E-state index in [0.717, 1.165) is 0 Å².